The molecule has 2 atom stereocenters. The highest BCUT2D eigenvalue weighted by molar-refractivity contribution is 7.89. The van der Waals surface area contributed by atoms with Crippen LogP contribution in [0.3, 0.4) is 0 Å². The summed E-state index contributed by atoms with van der Waals surface area (Å²) >= 11 is 0. The third-order valence-electron chi connectivity index (χ3n) is 6.67. The standard InChI is InChI=1S/C25H33N3O4S/c1-3-32-25(29)19-24-23(27-17-15-26(16-18-27)21-7-5-4-6-8-21)13-14-28(24)33(30,31)22-11-9-20(2)10-12-22/h4-12,23-24H,3,13-19H2,1-2H3. The van der Waals surface area contributed by atoms with Gasteiger partial charge in [-0.2, -0.15) is 4.31 Å². The Balaban J connectivity index is 1.52. The van der Waals surface area contributed by atoms with Crippen LogP contribution in [-0.4, -0.2) is 75.0 Å². The van der Waals surface area contributed by atoms with E-state index >= 15 is 0 Å². The van der Waals surface area contributed by atoms with Gasteiger partial charge < -0.3 is 9.64 Å². The summed E-state index contributed by atoms with van der Waals surface area (Å²) in [6, 6.07) is 16.8. The lowest BCUT2D eigenvalue weighted by atomic mass is 10.0. The summed E-state index contributed by atoms with van der Waals surface area (Å²) in [6.07, 6.45) is 0.781. The lowest BCUT2D eigenvalue weighted by Gasteiger charge is -2.41. The molecule has 0 spiro atoms. The number of carbonyl (C=O) groups is 1. The van der Waals surface area contributed by atoms with Crippen molar-refractivity contribution in [3.05, 3.63) is 60.2 Å². The van der Waals surface area contributed by atoms with Crippen molar-refractivity contribution in [2.45, 2.75) is 43.7 Å². The number of hydrogen-bond donors (Lipinski definition) is 0. The second-order valence-electron chi connectivity index (χ2n) is 8.72. The summed E-state index contributed by atoms with van der Waals surface area (Å²) in [4.78, 5) is 17.4. The zero-order chi connectivity index (χ0) is 23.4. The first-order valence-electron chi connectivity index (χ1n) is 11.7. The van der Waals surface area contributed by atoms with Gasteiger partial charge in [-0.25, -0.2) is 8.42 Å². The molecule has 0 saturated carbocycles. The molecule has 7 nitrogen and oxygen atoms in total. The highest BCUT2D eigenvalue weighted by atomic mass is 32.2. The SMILES string of the molecule is CCOC(=O)CC1C(N2CCN(c3ccccc3)CC2)CCN1S(=O)(=O)c1ccc(C)cc1. The summed E-state index contributed by atoms with van der Waals surface area (Å²) in [5.41, 5.74) is 2.21. The maximum atomic E-state index is 13.5. The largest absolute Gasteiger partial charge is 0.466 e. The van der Waals surface area contributed by atoms with E-state index < -0.39 is 16.1 Å². The number of hydrogen-bond acceptors (Lipinski definition) is 6. The Labute approximate surface area is 197 Å². The van der Waals surface area contributed by atoms with Gasteiger partial charge in [-0.3, -0.25) is 9.69 Å². The molecule has 2 aromatic rings. The van der Waals surface area contributed by atoms with Gasteiger partial charge in [0.1, 0.15) is 0 Å². The number of carbonyl (C=O) groups excluding carboxylic acids is 1. The predicted molar refractivity (Wildman–Crippen MR) is 129 cm³/mol. The van der Waals surface area contributed by atoms with Gasteiger partial charge in [-0.1, -0.05) is 35.9 Å². The fraction of sp³-hybridized carbons (Fsp3) is 0.480. The number of piperazine rings is 1. The molecule has 178 valence electrons. The van der Waals surface area contributed by atoms with Crippen molar-refractivity contribution in [3.8, 4) is 0 Å². The number of ether oxygens (including phenoxy) is 1. The summed E-state index contributed by atoms with van der Waals surface area (Å²) in [6.45, 7) is 7.80. The van der Waals surface area contributed by atoms with E-state index in [4.69, 9.17) is 4.74 Å². The van der Waals surface area contributed by atoms with Crippen molar-refractivity contribution in [2.24, 2.45) is 0 Å². The third kappa shape index (κ3) is 5.23. The number of para-hydroxylation sites is 1. The van der Waals surface area contributed by atoms with E-state index in [1.807, 2.05) is 37.3 Å². The van der Waals surface area contributed by atoms with Crippen LogP contribution in [0.15, 0.2) is 59.5 Å². The minimum atomic E-state index is -3.70. The van der Waals surface area contributed by atoms with E-state index in [-0.39, 0.29) is 29.9 Å². The Morgan fingerprint density at radius 2 is 1.64 bits per heavy atom. The quantitative estimate of drug-likeness (QED) is 0.579. The lowest BCUT2D eigenvalue weighted by Crippen LogP contribution is -2.54. The van der Waals surface area contributed by atoms with E-state index in [0.29, 0.717) is 13.0 Å². The molecule has 0 N–H and O–H groups in total. The van der Waals surface area contributed by atoms with Crippen LogP contribution in [-0.2, 0) is 19.6 Å². The fourth-order valence-corrected chi connectivity index (χ4v) is 6.63. The molecule has 2 saturated heterocycles. The normalized spacial score (nSPS) is 22.4. The number of aryl methyl sites for hydroxylation is 1. The van der Waals surface area contributed by atoms with Crippen LogP contribution in [0.1, 0.15) is 25.3 Å². The molecule has 2 aliphatic rings. The van der Waals surface area contributed by atoms with Crippen molar-refractivity contribution in [2.75, 3.05) is 44.2 Å². The second-order valence-corrected chi connectivity index (χ2v) is 10.6. The molecule has 4 rings (SSSR count). The van der Waals surface area contributed by atoms with E-state index in [0.717, 1.165) is 31.7 Å². The summed E-state index contributed by atoms with van der Waals surface area (Å²) in [5.74, 6) is -0.346. The summed E-state index contributed by atoms with van der Waals surface area (Å²) in [5, 5.41) is 0. The topological polar surface area (TPSA) is 70.2 Å². The molecule has 2 fully saturated rings. The van der Waals surface area contributed by atoms with Gasteiger partial charge in [0.15, 0.2) is 0 Å². The molecule has 8 heteroatoms. The Bertz CT molecular complexity index is 1040. The molecule has 33 heavy (non-hydrogen) atoms. The zero-order valence-corrected chi connectivity index (χ0v) is 20.2. The van der Waals surface area contributed by atoms with Crippen molar-refractivity contribution in [1.29, 1.82) is 0 Å². The van der Waals surface area contributed by atoms with Crippen LogP contribution in [0.25, 0.3) is 0 Å². The Morgan fingerprint density at radius 3 is 2.27 bits per heavy atom. The fourth-order valence-electron chi connectivity index (χ4n) is 4.96. The third-order valence-corrected chi connectivity index (χ3v) is 8.61. The minimum absolute atomic E-state index is 0.00690. The molecule has 0 aliphatic carbocycles. The number of rotatable bonds is 7. The first kappa shape index (κ1) is 23.7. The number of benzene rings is 2. The molecular formula is C25H33N3O4S. The van der Waals surface area contributed by atoms with Gasteiger partial charge in [0.25, 0.3) is 0 Å². The van der Waals surface area contributed by atoms with Crippen molar-refractivity contribution >= 4 is 21.7 Å². The predicted octanol–water partition coefficient (Wildman–Crippen LogP) is 2.90. The Hall–Kier alpha value is -2.42. The monoisotopic (exact) mass is 471 g/mol. The molecule has 2 heterocycles. The van der Waals surface area contributed by atoms with Gasteiger partial charge in [0.05, 0.1) is 24.0 Å². The lowest BCUT2D eigenvalue weighted by molar-refractivity contribution is -0.144. The number of nitrogens with zero attached hydrogens (tertiary/aromatic N) is 3. The maximum Gasteiger partial charge on any atom is 0.307 e. The van der Waals surface area contributed by atoms with Gasteiger partial charge in [0, 0.05) is 44.5 Å². The number of esters is 1. The molecule has 2 unspecified atom stereocenters. The average Bonchev–Trinajstić information content (AvgIpc) is 3.24. The van der Waals surface area contributed by atoms with Gasteiger partial charge in [-0.15, -0.1) is 0 Å². The first-order valence-corrected chi connectivity index (χ1v) is 13.1. The van der Waals surface area contributed by atoms with E-state index in [2.05, 4.69) is 21.9 Å². The van der Waals surface area contributed by atoms with Crippen LogP contribution >= 0.6 is 0 Å². The second kappa shape index (κ2) is 10.2. The van der Waals surface area contributed by atoms with Crippen LogP contribution in [0.5, 0.6) is 0 Å². The molecule has 0 amide bonds. The zero-order valence-electron chi connectivity index (χ0n) is 19.4. The maximum absolute atomic E-state index is 13.5. The van der Waals surface area contributed by atoms with E-state index in [1.165, 1.54) is 9.99 Å². The van der Waals surface area contributed by atoms with Crippen LogP contribution in [0, 0.1) is 6.92 Å². The smallest absolute Gasteiger partial charge is 0.307 e. The van der Waals surface area contributed by atoms with E-state index in [1.54, 1.807) is 19.1 Å². The number of anilines is 1. The van der Waals surface area contributed by atoms with Crippen LogP contribution < -0.4 is 4.90 Å². The molecule has 0 aromatic heterocycles. The van der Waals surface area contributed by atoms with Gasteiger partial charge >= 0.3 is 5.97 Å². The Morgan fingerprint density at radius 1 is 0.970 bits per heavy atom. The van der Waals surface area contributed by atoms with Crippen molar-refractivity contribution in [3.63, 3.8) is 0 Å². The van der Waals surface area contributed by atoms with Crippen LogP contribution in [0.4, 0.5) is 5.69 Å². The summed E-state index contributed by atoms with van der Waals surface area (Å²) < 4.78 is 33.8. The van der Waals surface area contributed by atoms with Crippen molar-refractivity contribution < 1.29 is 17.9 Å². The Kier molecular flexibility index (Phi) is 7.36. The molecule has 2 aliphatic heterocycles. The summed E-state index contributed by atoms with van der Waals surface area (Å²) in [7, 11) is -3.70. The van der Waals surface area contributed by atoms with E-state index in [9.17, 15) is 13.2 Å². The van der Waals surface area contributed by atoms with Crippen LogP contribution in [0.2, 0.25) is 0 Å². The minimum Gasteiger partial charge on any atom is -0.466 e. The molecule has 0 radical (unpaired) electrons. The highest BCUT2D eigenvalue weighted by Crippen LogP contribution is 2.32. The highest BCUT2D eigenvalue weighted by Gasteiger charge is 2.45. The molecular weight excluding hydrogens is 438 g/mol. The number of sulfonamides is 1. The van der Waals surface area contributed by atoms with Gasteiger partial charge in [-0.05, 0) is 44.5 Å². The molecule has 0 bridgehead atoms. The van der Waals surface area contributed by atoms with Gasteiger partial charge in [0.2, 0.25) is 10.0 Å². The first-order chi connectivity index (χ1) is 15.9. The average molecular weight is 472 g/mol. The molecule has 2 aromatic carbocycles. The van der Waals surface area contributed by atoms with Crippen molar-refractivity contribution in [1.82, 2.24) is 9.21 Å².